The number of likely N-dealkylation sites (tertiary alicyclic amines) is 1. The number of carboxylic acids is 1. The van der Waals surface area contributed by atoms with Crippen LogP contribution in [0.3, 0.4) is 0 Å². The Morgan fingerprint density at radius 3 is 3.00 bits per heavy atom. The number of hydrogen-bond acceptors (Lipinski definition) is 5. The van der Waals surface area contributed by atoms with Gasteiger partial charge in [0.1, 0.15) is 0 Å². The molecule has 108 valence electrons. The molecule has 20 heavy (non-hydrogen) atoms. The van der Waals surface area contributed by atoms with Gasteiger partial charge >= 0.3 is 5.97 Å². The Kier molecular flexibility index (Phi) is 4.62. The van der Waals surface area contributed by atoms with Gasteiger partial charge in [0.25, 0.3) is 0 Å². The summed E-state index contributed by atoms with van der Waals surface area (Å²) in [5.74, 6) is -0.954. The molecular weight excluding hydrogens is 260 g/mol. The predicted molar refractivity (Wildman–Crippen MR) is 70.7 cm³/mol. The summed E-state index contributed by atoms with van der Waals surface area (Å²) in [5, 5.41) is 11.6. The molecule has 2 N–H and O–H groups in total. The molecule has 1 saturated heterocycles. The van der Waals surface area contributed by atoms with Gasteiger partial charge in [-0.2, -0.15) is 0 Å². The van der Waals surface area contributed by atoms with Gasteiger partial charge in [0, 0.05) is 6.92 Å². The Morgan fingerprint density at radius 2 is 2.30 bits per heavy atom. The molecular formula is C13H18N4O3. The molecule has 1 aromatic heterocycles. The van der Waals surface area contributed by atoms with Crippen molar-refractivity contribution in [2.24, 2.45) is 0 Å². The minimum Gasteiger partial charge on any atom is -0.480 e. The Bertz CT molecular complexity index is 506. The normalized spacial score (nSPS) is 18.9. The Labute approximate surface area is 117 Å². The first kappa shape index (κ1) is 14.4. The zero-order valence-corrected chi connectivity index (χ0v) is 11.4. The highest BCUT2D eigenvalue weighted by Crippen LogP contribution is 2.29. The Morgan fingerprint density at radius 1 is 1.50 bits per heavy atom. The molecule has 1 fully saturated rings. The molecule has 1 aromatic rings. The highest BCUT2D eigenvalue weighted by atomic mass is 16.4. The average Bonchev–Trinajstić information content (AvgIpc) is 2.84. The number of nitrogens with zero attached hydrogens (tertiary/aromatic N) is 3. The minimum atomic E-state index is -0.834. The van der Waals surface area contributed by atoms with Crippen LogP contribution in [0, 0.1) is 0 Å². The zero-order valence-electron chi connectivity index (χ0n) is 11.4. The van der Waals surface area contributed by atoms with Crippen LogP contribution in [0.4, 0.5) is 0 Å². The van der Waals surface area contributed by atoms with Crippen molar-refractivity contribution in [3.63, 3.8) is 0 Å². The maximum absolute atomic E-state index is 10.9. The summed E-state index contributed by atoms with van der Waals surface area (Å²) in [6, 6.07) is -0.00382. The summed E-state index contributed by atoms with van der Waals surface area (Å²) in [4.78, 5) is 32.3. The Hall–Kier alpha value is -2.02. The molecule has 1 aliphatic rings. The van der Waals surface area contributed by atoms with Crippen LogP contribution in [0.25, 0.3) is 0 Å². The van der Waals surface area contributed by atoms with Gasteiger partial charge in [-0.1, -0.05) is 0 Å². The Balaban J connectivity index is 2.09. The van der Waals surface area contributed by atoms with Gasteiger partial charge in [-0.05, 0) is 19.4 Å². The highest BCUT2D eigenvalue weighted by Gasteiger charge is 2.28. The van der Waals surface area contributed by atoms with E-state index in [1.165, 1.54) is 6.92 Å². The van der Waals surface area contributed by atoms with Gasteiger partial charge in [0.2, 0.25) is 5.91 Å². The maximum atomic E-state index is 10.9. The van der Waals surface area contributed by atoms with Crippen LogP contribution in [0.5, 0.6) is 0 Å². The fourth-order valence-corrected chi connectivity index (χ4v) is 2.41. The second kappa shape index (κ2) is 6.42. The van der Waals surface area contributed by atoms with Crippen LogP contribution in [-0.4, -0.2) is 44.9 Å². The summed E-state index contributed by atoms with van der Waals surface area (Å²) < 4.78 is 0. The summed E-state index contributed by atoms with van der Waals surface area (Å²) in [6.45, 7) is 2.56. The summed E-state index contributed by atoms with van der Waals surface area (Å²) in [5.41, 5.74) is 1.45. The molecule has 7 nitrogen and oxygen atoms in total. The van der Waals surface area contributed by atoms with E-state index in [0.29, 0.717) is 12.2 Å². The molecule has 2 rings (SSSR count). The van der Waals surface area contributed by atoms with E-state index in [1.54, 1.807) is 12.4 Å². The van der Waals surface area contributed by atoms with E-state index in [4.69, 9.17) is 5.11 Å². The molecule has 0 aromatic carbocycles. The molecule has 0 bridgehead atoms. The number of rotatable bonds is 5. The SMILES string of the molecule is CC(=O)NCc1cncc([C@H]2CCCN2CC(=O)O)n1. The van der Waals surface area contributed by atoms with Crippen molar-refractivity contribution in [1.29, 1.82) is 0 Å². The van der Waals surface area contributed by atoms with Crippen LogP contribution in [0.15, 0.2) is 12.4 Å². The number of carbonyl (C=O) groups excluding carboxylic acids is 1. The molecule has 7 heteroatoms. The van der Waals surface area contributed by atoms with E-state index in [9.17, 15) is 9.59 Å². The summed E-state index contributed by atoms with van der Waals surface area (Å²) in [6.07, 6.45) is 5.11. The van der Waals surface area contributed by atoms with Crippen molar-refractivity contribution in [3.05, 3.63) is 23.8 Å². The lowest BCUT2D eigenvalue weighted by atomic mass is 10.1. The van der Waals surface area contributed by atoms with E-state index in [-0.39, 0.29) is 18.5 Å². The van der Waals surface area contributed by atoms with E-state index in [1.807, 2.05) is 4.90 Å². The van der Waals surface area contributed by atoms with Crippen LogP contribution < -0.4 is 5.32 Å². The number of nitrogens with one attached hydrogen (secondary N) is 1. The number of amides is 1. The summed E-state index contributed by atoms with van der Waals surface area (Å²) in [7, 11) is 0. The lowest BCUT2D eigenvalue weighted by Gasteiger charge is -2.22. The maximum Gasteiger partial charge on any atom is 0.317 e. The summed E-state index contributed by atoms with van der Waals surface area (Å²) >= 11 is 0. The minimum absolute atomic E-state index is 0.00382. The molecule has 0 radical (unpaired) electrons. The topological polar surface area (TPSA) is 95.4 Å². The van der Waals surface area contributed by atoms with Crippen LogP contribution in [0.2, 0.25) is 0 Å². The molecule has 1 atom stereocenters. The highest BCUT2D eigenvalue weighted by molar-refractivity contribution is 5.72. The van der Waals surface area contributed by atoms with Crippen LogP contribution in [0.1, 0.15) is 37.2 Å². The van der Waals surface area contributed by atoms with E-state index in [0.717, 1.165) is 25.1 Å². The van der Waals surface area contributed by atoms with E-state index in [2.05, 4.69) is 15.3 Å². The van der Waals surface area contributed by atoms with Crippen molar-refractivity contribution >= 4 is 11.9 Å². The van der Waals surface area contributed by atoms with Crippen molar-refractivity contribution in [2.45, 2.75) is 32.4 Å². The molecule has 1 aliphatic heterocycles. The zero-order chi connectivity index (χ0) is 14.5. The molecule has 0 unspecified atom stereocenters. The monoisotopic (exact) mass is 278 g/mol. The molecule has 2 heterocycles. The van der Waals surface area contributed by atoms with Gasteiger partial charge in [-0.15, -0.1) is 0 Å². The third-order valence-corrected chi connectivity index (χ3v) is 3.26. The standard InChI is InChI=1S/C13H18N4O3/c1-9(18)15-6-10-5-14-7-11(16-10)12-3-2-4-17(12)8-13(19)20/h5,7,12H,2-4,6,8H2,1H3,(H,15,18)(H,19,20)/t12-/m1/s1. The van der Waals surface area contributed by atoms with Gasteiger partial charge in [0.15, 0.2) is 0 Å². The second-order valence-corrected chi connectivity index (χ2v) is 4.87. The number of aromatic nitrogens is 2. The smallest absolute Gasteiger partial charge is 0.317 e. The third kappa shape index (κ3) is 3.74. The lowest BCUT2D eigenvalue weighted by Crippen LogP contribution is -2.30. The lowest BCUT2D eigenvalue weighted by molar-refractivity contribution is -0.138. The van der Waals surface area contributed by atoms with Gasteiger partial charge in [-0.25, -0.2) is 0 Å². The quantitative estimate of drug-likeness (QED) is 0.806. The van der Waals surface area contributed by atoms with E-state index < -0.39 is 5.97 Å². The van der Waals surface area contributed by atoms with Crippen molar-refractivity contribution in [2.75, 3.05) is 13.1 Å². The fraction of sp³-hybridized carbons (Fsp3) is 0.538. The third-order valence-electron chi connectivity index (χ3n) is 3.26. The molecule has 0 spiro atoms. The second-order valence-electron chi connectivity index (χ2n) is 4.87. The van der Waals surface area contributed by atoms with Gasteiger partial charge in [0.05, 0.1) is 42.9 Å². The first-order valence-electron chi connectivity index (χ1n) is 6.57. The average molecular weight is 278 g/mol. The van der Waals surface area contributed by atoms with Crippen molar-refractivity contribution in [3.8, 4) is 0 Å². The van der Waals surface area contributed by atoms with Crippen LogP contribution >= 0.6 is 0 Å². The number of hydrogen-bond donors (Lipinski definition) is 2. The number of carbonyl (C=O) groups is 2. The first-order chi connectivity index (χ1) is 9.56. The van der Waals surface area contributed by atoms with Crippen LogP contribution in [-0.2, 0) is 16.1 Å². The van der Waals surface area contributed by atoms with Crippen molar-refractivity contribution < 1.29 is 14.7 Å². The predicted octanol–water partition coefficient (Wildman–Crippen LogP) is 0.334. The molecule has 1 amide bonds. The van der Waals surface area contributed by atoms with Crippen molar-refractivity contribution in [1.82, 2.24) is 20.2 Å². The van der Waals surface area contributed by atoms with Gasteiger partial charge < -0.3 is 10.4 Å². The fourth-order valence-electron chi connectivity index (χ4n) is 2.41. The van der Waals surface area contributed by atoms with E-state index >= 15 is 0 Å². The number of carboxylic acid groups (broad SMARTS) is 1. The largest absolute Gasteiger partial charge is 0.480 e. The first-order valence-corrected chi connectivity index (χ1v) is 6.57. The molecule has 0 saturated carbocycles. The molecule has 0 aliphatic carbocycles. The van der Waals surface area contributed by atoms with Gasteiger partial charge in [-0.3, -0.25) is 24.5 Å². The number of aliphatic carboxylic acids is 1.